The van der Waals surface area contributed by atoms with Gasteiger partial charge in [-0.3, -0.25) is 25.5 Å². The Morgan fingerprint density at radius 2 is 1.58 bits per heavy atom. The molecule has 2 heterocycles. The number of hydrogen-bond donors (Lipinski definition) is 3. The van der Waals surface area contributed by atoms with E-state index in [4.69, 9.17) is 0 Å². The number of para-hydroxylation sites is 1. The quantitative estimate of drug-likeness (QED) is 0.361. The van der Waals surface area contributed by atoms with E-state index in [1.54, 1.807) is 30.3 Å². The number of tetrazole rings is 1. The zero-order chi connectivity index (χ0) is 22.6. The van der Waals surface area contributed by atoms with Crippen molar-refractivity contribution >= 4 is 22.7 Å². The lowest BCUT2D eigenvalue weighted by atomic mass is 10.1. The van der Waals surface area contributed by atoms with Gasteiger partial charge in [0.1, 0.15) is 0 Å². The molecule has 33 heavy (non-hydrogen) atoms. The van der Waals surface area contributed by atoms with Gasteiger partial charge in [-0.15, -0.1) is 10.2 Å². The minimum absolute atomic E-state index is 0.205. The molecule has 0 unspecified atom stereocenters. The summed E-state index contributed by atoms with van der Waals surface area (Å²) in [5.41, 5.74) is 7.93. The van der Waals surface area contributed by atoms with Gasteiger partial charge in [-0.05, 0) is 29.0 Å². The Morgan fingerprint density at radius 3 is 2.39 bits per heavy atom. The van der Waals surface area contributed by atoms with Crippen LogP contribution in [-0.2, 0) is 6.54 Å². The maximum atomic E-state index is 12.4. The van der Waals surface area contributed by atoms with Crippen LogP contribution in [0, 0.1) is 0 Å². The highest BCUT2D eigenvalue weighted by atomic mass is 16.2. The van der Waals surface area contributed by atoms with Crippen LogP contribution in [0.2, 0.25) is 0 Å². The molecule has 5 rings (SSSR count). The third-order valence-corrected chi connectivity index (χ3v) is 5.00. The van der Waals surface area contributed by atoms with Crippen LogP contribution in [0.5, 0.6) is 0 Å². The van der Waals surface area contributed by atoms with Crippen molar-refractivity contribution in [3.05, 3.63) is 95.7 Å². The van der Waals surface area contributed by atoms with E-state index < -0.39 is 11.8 Å². The number of carbonyl (C=O) groups is 2. The van der Waals surface area contributed by atoms with Crippen LogP contribution >= 0.6 is 0 Å². The lowest BCUT2D eigenvalue weighted by Crippen LogP contribution is -2.41. The Bertz CT molecular complexity index is 1420. The zero-order valence-electron chi connectivity index (χ0n) is 17.3. The van der Waals surface area contributed by atoms with Gasteiger partial charge in [0.25, 0.3) is 11.8 Å². The van der Waals surface area contributed by atoms with Crippen LogP contribution in [0.25, 0.3) is 22.3 Å². The number of hydrogen-bond acceptors (Lipinski definition) is 6. The molecule has 0 aliphatic rings. The van der Waals surface area contributed by atoms with E-state index >= 15 is 0 Å². The van der Waals surface area contributed by atoms with Crippen LogP contribution in [0.15, 0.2) is 78.9 Å². The lowest BCUT2D eigenvalue weighted by molar-refractivity contribution is 0.0845. The molecule has 0 bridgehead atoms. The summed E-state index contributed by atoms with van der Waals surface area (Å²) in [7, 11) is 0. The molecule has 162 valence electrons. The van der Waals surface area contributed by atoms with E-state index in [0.717, 1.165) is 16.6 Å². The Kier molecular flexibility index (Phi) is 5.30. The molecule has 0 atom stereocenters. The molecule has 0 spiro atoms. The van der Waals surface area contributed by atoms with Crippen molar-refractivity contribution in [1.82, 2.24) is 41.3 Å². The first-order chi connectivity index (χ1) is 16.2. The van der Waals surface area contributed by atoms with E-state index in [-0.39, 0.29) is 5.69 Å². The standard InChI is InChI=1S/C23H18N8O2/c32-22(27-28-23(33)20-18-8-4-5-9-19(18)24-25-20)17-12-10-15(11-13-17)14-31-29-21(26-30-31)16-6-2-1-3-7-16/h1-13H,14H2,(H,24,25)(H,27,32)(H,28,33). The highest BCUT2D eigenvalue weighted by Crippen LogP contribution is 2.15. The molecule has 2 aromatic heterocycles. The number of benzene rings is 3. The summed E-state index contributed by atoms with van der Waals surface area (Å²) < 4.78 is 0. The third-order valence-electron chi connectivity index (χ3n) is 5.00. The maximum Gasteiger partial charge on any atom is 0.290 e. The molecular formula is C23H18N8O2. The predicted octanol–water partition coefficient (Wildman–Crippen LogP) is 2.34. The minimum atomic E-state index is -0.510. The summed E-state index contributed by atoms with van der Waals surface area (Å²) in [6, 6.07) is 23.8. The van der Waals surface area contributed by atoms with E-state index in [0.29, 0.717) is 23.3 Å². The van der Waals surface area contributed by atoms with Crippen molar-refractivity contribution in [2.75, 3.05) is 0 Å². The summed E-state index contributed by atoms with van der Waals surface area (Å²) in [6.07, 6.45) is 0. The Hall–Kier alpha value is -4.86. The average molecular weight is 438 g/mol. The molecule has 0 aliphatic heterocycles. The molecule has 0 saturated heterocycles. The van der Waals surface area contributed by atoms with E-state index in [1.165, 1.54) is 4.80 Å². The molecule has 5 aromatic rings. The monoisotopic (exact) mass is 438 g/mol. The van der Waals surface area contributed by atoms with E-state index in [2.05, 4.69) is 36.5 Å². The molecule has 3 N–H and O–H groups in total. The fourth-order valence-corrected chi connectivity index (χ4v) is 3.32. The molecule has 10 nitrogen and oxygen atoms in total. The topological polar surface area (TPSA) is 130 Å². The van der Waals surface area contributed by atoms with Crippen molar-refractivity contribution in [2.24, 2.45) is 0 Å². The van der Waals surface area contributed by atoms with E-state index in [1.807, 2.05) is 48.5 Å². The number of fused-ring (bicyclic) bond motifs is 1. The van der Waals surface area contributed by atoms with Gasteiger partial charge in [0.2, 0.25) is 5.82 Å². The largest absolute Gasteiger partial charge is 0.290 e. The fourth-order valence-electron chi connectivity index (χ4n) is 3.32. The van der Waals surface area contributed by atoms with Crippen molar-refractivity contribution < 1.29 is 9.59 Å². The number of nitrogens with one attached hydrogen (secondary N) is 3. The van der Waals surface area contributed by atoms with Crippen LogP contribution in [0.3, 0.4) is 0 Å². The Labute approximate surface area is 187 Å². The first-order valence-corrected chi connectivity index (χ1v) is 10.1. The summed E-state index contributed by atoms with van der Waals surface area (Å²) >= 11 is 0. The van der Waals surface area contributed by atoms with Gasteiger partial charge >= 0.3 is 0 Å². The lowest BCUT2D eigenvalue weighted by Gasteiger charge is -2.07. The first-order valence-electron chi connectivity index (χ1n) is 10.1. The van der Waals surface area contributed by atoms with Gasteiger partial charge in [0.05, 0.1) is 12.1 Å². The molecular weight excluding hydrogens is 420 g/mol. The number of carbonyl (C=O) groups excluding carboxylic acids is 2. The van der Waals surface area contributed by atoms with Gasteiger partial charge in [-0.2, -0.15) is 9.90 Å². The number of nitrogens with zero attached hydrogens (tertiary/aromatic N) is 5. The van der Waals surface area contributed by atoms with Gasteiger partial charge in [0, 0.05) is 16.5 Å². The average Bonchev–Trinajstić information content (AvgIpc) is 3.51. The second-order valence-electron chi connectivity index (χ2n) is 7.23. The van der Waals surface area contributed by atoms with Crippen LogP contribution in [-0.4, -0.2) is 42.2 Å². The maximum absolute atomic E-state index is 12.4. The second kappa shape index (κ2) is 8.71. The van der Waals surface area contributed by atoms with Crippen molar-refractivity contribution in [3.63, 3.8) is 0 Å². The third kappa shape index (κ3) is 4.30. The minimum Gasteiger partial charge on any atom is -0.277 e. The summed E-state index contributed by atoms with van der Waals surface area (Å²) in [5, 5.41) is 20.0. The number of aromatic amines is 1. The number of rotatable bonds is 5. The summed E-state index contributed by atoms with van der Waals surface area (Å²) in [5.74, 6) is -0.407. The molecule has 0 aliphatic carbocycles. The highest BCUT2D eigenvalue weighted by Gasteiger charge is 2.15. The van der Waals surface area contributed by atoms with Crippen molar-refractivity contribution in [2.45, 2.75) is 6.54 Å². The van der Waals surface area contributed by atoms with E-state index in [9.17, 15) is 9.59 Å². The number of H-pyrrole nitrogens is 1. The zero-order valence-corrected chi connectivity index (χ0v) is 17.3. The summed E-state index contributed by atoms with van der Waals surface area (Å²) in [4.78, 5) is 26.3. The molecule has 3 aromatic carbocycles. The molecule has 0 saturated carbocycles. The molecule has 10 heteroatoms. The molecule has 0 fully saturated rings. The SMILES string of the molecule is O=C(NNC(=O)c1n[nH]c2ccccc12)c1ccc(Cn2nnc(-c3ccccc3)n2)cc1. The summed E-state index contributed by atoms with van der Waals surface area (Å²) in [6.45, 7) is 0.407. The van der Waals surface area contributed by atoms with Gasteiger partial charge in [-0.1, -0.05) is 60.7 Å². The van der Waals surface area contributed by atoms with Gasteiger partial charge in [-0.25, -0.2) is 0 Å². The van der Waals surface area contributed by atoms with Crippen LogP contribution in [0.1, 0.15) is 26.4 Å². The molecule has 0 radical (unpaired) electrons. The Balaban J connectivity index is 1.19. The van der Waals surface area contributed by atoms with Crippen molar-refractivity contribution in [3.8, 4) is 11.4 Å². The first kappa shape index (κ1) is 20.1. The Morgan fingerprint density at radius 1 is 0.848 bits per heavy atom. The number of hydrazine groups is 1. The normalized spacial score (nSPS) is 10.8. The predicted molar refractivity (Wildman–Crippen MR) is 120 cm³/mol. The second-order valence-corrected chi connectivity index (χ2v) is 7.23. The van der Waals surface area contributed by atoms with Crippen molar-refractivity contribution in [1.29, 1.82) is 0 Å². The van der Waals surface area contributed by atoms with Crippen LogP contribution in [0.4, 0.5) is 0 Å². The number of aromatic nitrogens is 6. The highest BCUT2D eigenvalue weighted by molar-refractivity contribution is 6.05. The fraction of sp³-hybridized carbons (Fsp3) is 0.0435. The molecule has 2 amide bonds. The smallest absolute Gasteiger partial charge is 0.277 e. The van der Waals surface area contributed by atoms with Gasteiger partial charge in [0.15, 0.2) is 5.69 Å². The van der Waals surface area contributed by atoms with Crippen LogP contribution < -0.4 is 10.9 Å². The van der Waals surface area contributed by atoms with Gasteiger partial charge < -0.3 is 0 Å². The number of amides is 2.